The van der Waals surface area contributed by atoms with Crippen molar-refractivity contribution in [1.29, 1.82) is 0 Å². The van der Waals surface area contributed by atoms with Crippen LogP contribution in [0.15, 0.2) is 18.2 Å². The third kappa shape index (κ3) is 5.01. The molecule has 0 saturated heterocycles. The molecule has 1 rings (SSSR count). The van der Waals surface area contributed by atoms with Gasteiger partial charge in [0.2, 0.25) is 0 Å². The van der Waals surface area contributed by atoms with Gasteiger partial charge >= 0.3 is 0 Å². The number of carbonyl (C=O) groups excluding carboxylic acids is 1. The Balaban J connectivity index is 2.56. The van der Waals surface area contributed by atoms with E-state index in [1.54, 1.807) is 6.07 Å². The second-order valence-corrected chi connectivity index (χ2v) is 5.09. The van der Waals surface area contributed by atoms with E-state index in [2.05, 4.69) is 19.2 Å². The Bertz CT molecular complexity index is 417. The average molecular weight is 265 g/mol. The topological polar surface area (TPSA) is 29.1 Å². The van der Waals surface area contributed by atoms with E-state index in [0.29, 0.717) is 18.0 Å². The summed E-state index contributed by atoms with van der Waals surface area (Å²) in [4.78, 5) is 12.0. The van der Waals surface area contributed by atoms with E-state index in [1.165, 1.54) is 25.0 Å². The van der Waals surface area contributed by atoms with Gasteiger partial charge in [0.15, 0.2) is 0 Å². The summed E-state index contributed by atoms with van der Waals surface area (Å²) in [5.74, 6) is -0.0292. The second kappa shape index (κ2) is 7.93. The van der Waals surface area contributed by atoms with Crippen molar-refractivity contribution < 1.29 is 9.18 Å². The van der Waals surface area contributed by atoms with Crippen LogP contribution in [0, 0.1) is 18.7 Å². The van der Waals surface area contributed by atoms with Crippen molar-refractivity contribution in [3.8, 4) is 0 Å². The van der Waals surface area contributed by atoms with Gasteiger partial charge in [-0.15, -0.1) is 0 Å². The van der Waals surface area contributed by atoms with E-state index in [9.17, 15) is 9.18 Å². The molecule has 0 bridgehead atoms. The van der Waals surface area contributed by atoms with Crippen LogP contribution in [0.5, 0.6) is 0 Å². The molecule has 3 heteroatoms. The minimum absolute atomic E-state index is 0.174. The van der Waals surface area contributed by atoms with Crippen molar-refractivity contribution in [3.05, 3.63) is 35.1 Å². The van der Waals surface area contributed by atoms with Crippen molar-refractivity contribution in [2.45, 2.75) is 46.5 Å². The smallest absolute Gasteiger partial charge is 0.251 e. The van der Waals surface area contributed by atoms with Crippen molar-refractivity contribution in [1.82, 2.24) is 5.32 Å². The first kappa shape index (κ1) is 15.7. The van der Waals surface area contributed by atoms with Crippen LogP contribution < -0.4 is 5.32 Å². The first-order valence-electron chi connectivity index (χ1n) is 7.12. The number of carbonyl (C=O) groups is 1. The van der Waals surface area contributed by atoms with Gasteiger partial charge in [-0.25, -0.2) is 4.39 Å². The number of hydrogen-bond acceptors (Lipinski definition) is 1. The maximum atomic E-state index is 13.2. The number of amides is 1. The van der Waals surface area contributed by atoms with Gasteiger partial charge in [0.25, 0.3) is 5.91 Å². The molecule has 1 amide bonds. The molecular weight excluding hydrogens is 241 g/mol. The molecule has 0 aliphatic rings. The molecule has 2 nitrogen and oxygen atoms in total. The predicted octanol–water partition coefficient (Wildman–Crippen LogP) is 4.08. The highest BCUT2D eigenvalue weighted by Crippen LogP contribution is 2.13. The summed E-state index contributed by atoms with van der Waals surface area (Å²) >= 11 is 0. The maximum Gasteiger partial charge on any atom is 0.251 e. The molecule has 0 fully saturated rings. The minimum atomic E-state index is -0.367. The van der Waals surface area contributed by atoms with Crippen molar-refractivity contribution in [3.63, 3.8) is 0 Å². The highest BCUT2D eigenvalue weighted by atomic mass is 19.1. The van der Waals surface area contributed by atoms with Crippen LogP contribution in [0.2, 0.25) is 0 Å². The largest absolute Gasteiger partial charge is 0.352 e. The van der Waals surface area contributed by atoms with Crippen LogP contribution in [0.3, 0.4) is 0 Å². The summed E-state index contributed by atoms with van der Waals surface area (Å²) < 4.78 is 13.2. The Labute approximate surface area is 115 Å². The lowest BCUT2D eigenvalue weighted by molar-refractivity contribution is 0.0944. The SMILES string of the molecule is CCCCC(CC)CNC(=O)c1cc(F)ccc1C. The first-order valence-corrected chi connectivity index (χ1v) is 7.12. The molecule has 1 aromatic carbocycles. The van der Waals surface area contributed by atoms with Crippen molar-refractivity contribution in [2.75, 3.05) is 6.54 Å². The number of rotatable bonds is 7. The molecule has 19 heavy (non-hydrogen) atoms. The summed E-state index contributed by atoms with van der Waals surface area (Å²) in [6.45, 7) is 6.80. The summed E-state index contributed by atoms with van der Waals surface area (Å²) in [5, 5.41) is 2.92. The van der Waals surface area contributed by atoms with E-state index in [4.69, 9.17) is 0 Å². The Hall–Kier alpha value is -1.38. The van der Waals surface area contributed by atoms with Gasteiger partial charge in [0.05, 0.1) is 0 Å². The van der Waals surface area contributed by atoms with E-state index in [1.807, 2.05) is 6.92 Å². The molecule has 0 aliphatic heterocycles. The zero-order valence-corrected chi connectivity index (χ0v) is 12.1. The Kier molecular flexibility index (Phi) is 6.54. The molecule has 0 heterocycles. The fraction of sp³-hybridized carbons (Fsp3) is 0.562. The van der Waals surface area contributed by atoms with Crippen LogP contribution in [0.1, 0.15) is 55.5 Å². The zero-order chi connectivity index (χ0) is 14.3. The van der Waals surface area contributed by atoms with Gasteiger partial charge in [0, 0.05) is 12.1 Å². The van der Waals surface area contributed by atoms with Crippen LogP contribution in [-0.2, 0) is 0 Å². The normalized spacial score (nSPS) is 12.2. The Morgan fingerprint density at radius 3 is 2.74 bits per heavy atom. The average Bonchev–Trinajstić information content (AvgIpc) is 2.41. The van der Waals surface area contributed by atoms with Gasteiger partial charge in [0.1, 0.15) is 5.82 Å². The summed E-state index contributed by atoms with van der Waals surface area (Å²) in [6.07, 6.45) is 4.55. The molecule has 1 unspecified atom stereocenters. The lowest BCUT2D eigenvalue weighted by Gasteiger charge is -2.15. The molecule has 0 aliphatic carbocycles. The molecule has 0 radical (unpaired) electrons. The van der Waals surface area contributed by atoms with Gasteiger partial charge in [-0.05, 0) is 37.0 Å². The minimum Gasteiger partial charge on any atom is -0.352 e. The highest BCUT2D eigenvalue weighted by molar-refractivity contribution is 5.95. The monoisotopic (exact) mass is 265 g/mol. The summed E-state index contributed by atoms with van der Waals surface area (Å²) in [7, 11) is 0. The summed E-state index contributed by atoms with van der Waals surface area (Å²) in [6, 6.07) is 4.32. The van der Waals surface area contributed by atoms with Crippen LogP contribution in [0.25, 0.3) is 0 Å². The molecule has 0 aromatic heterocycles. The number of halogens is 1. The molecule has 1 N–H and O–H groups in total. The molecule has 106 valence electrons. The number of nitrogens with one attached hydrogen (secondary N) is 1. The fourth-order valence-corrected chi connectivity index (χ4v) is 2.11. The van der Waals surface area contributed by atoms with Crippen LogP contribution >= 0.6 is 0 Å². The van der Waals surface area contributed by atoms with Gasteiger partial charge in [-0.3, -0.25) is 4.79 Å². The molecule has 1 atom stereocenters. The quantitative estimate of drug-likeness (QED) is 0.790. The lowest BCUT2D eigenvalue weighted by Crippen LogP contribution is -2.29. The third-order valence-corrected chi connectivity index (χ3v) is 3.54. The summed E-state index contributed by atoms with van der Waals surface area (Å²) in [5.41, 5.74) is 1.24. The lowest BCUT2D eigenvalue weighted by atomic mass is 9.99. The second-order valence-electron chi connectivity index (χ2n) is 5.09. The van der Waals surface area contributed by atoms with Gasteiger partial charge < -0.3 is 5.32 Å². The van der Waals surface area contributed by atoms with E-state index >= 15 is 0 Å². The third-order valence-electron chi connectivity index (χ3n) is 3.54. The zero-order valence-electron chi connectivity index (χ0n) is 12.1. The van der Waals surface area contributed by atoms with Crippen molar-refractivity contribution in [2.24, 2.45) is 5.92 Å². The standard InChI is InChI=1S/C16H24FNO/c1-4-6-7-13(5-2)11-18-16(19)15-10-14(17)9-8-12(15)3/h8-10,13H,4-7,11H2,1-3H3,(H,18,19). The van der Waals surface area contributed by atoms with Crippen LogP contribution in [-0.4, -0.2) is 12.5 Å². The number of hydrogen-bond donors (Lipinski definition) is 1. The van der Waals surface area contributed by atoms with Crippen molar-refractivity contribution >= 4 is 5.91 Å². The van der Waals surface area contributed by atoms with E-state index in [0.717, 1.165) is 18.4 Å². The molecule has 1 aromatic rings. The van der Waals surface area contributed by atoms with E-state index in [-0.39, 0.29) is 11.7 Å². The number of unbranched alkanes of at least 4 members (excludes halogenated alkanes) is 1. The fourth-order valence-electron chi connectivity index (χ4n) is 2.11. The first-order chi connectivity index (χ1) is 9.08. The van der Waals surface area contributed by atoms with Gasteiger partial charge in [-0.1, -0.05) is 39.2 Å². The van der Waals surface area contributed by atoms with E-state index < -0.39 is 0 Å². The molecular formula is C16H24FNO. The molecule has 0 saturated carbocycles. The van der Waals surface area contributed by atoms with Gasteiger partial charge in [-0.2, -0.15) is 0 Å². The maximum absolute atomic E-state index is 13.2. The van der Waals surface area contributed by atoms with Crippen LogP contribution in [0.4, 0.5) is 4.39 Å². The number of benzene rings is 1. The Morgan fingerprint density at radius 1 is 1.37 bits per heavy atom. The highest BCUT2D eigenvalue weighted by Gasteiger charge is 2.12. The Morgan fingerprint density at radius 2 is 2.11 bits per heavy atom. The predicted molar refractivity (Wildman–Crippen MR) is 76.8 cm³/mol. The molecule has 0 spiro atoms. The number of aryl methyl sites for hydroxylation is 1.